The van der Waals surface area contributed by atoms with Crippen LogP contribution in [0.1, 0.15) is 5.56 Å². The minimum Gasteiger partial charge on any atom is -0.343 e. The van der Waals surface area contributed by atoms with Crippen LogP contribution < -0.4 is 0 Å². The number of hydrogen-bond donors (Lipinski definition) is 0. The first-order chi connectivity index (χ1) is 10.1. The lowest BCUT2D eigenvalue weighted by atomic mass is 10.0. The van der Waals surface area contributed by atoms with Gasteiger partial charge in [0.1, 0.15) is 0 Å². The third-order valence-corrected chi connectivity index (χ3v) is 4.06. The first-order valence-corrected chi connectivity index (χ1v) is 7.42. The zero-order valence-corrected chi connectivity index (χ0v) is 13.4. The number of para-hydroxylation sites is 1. The summed E-state index contributed by atoms with van der Waals surface area (Å²) >= 11 is 6.03. The normalized spacial score (nSPS) is 11.5. The summed E-state index contributed by atoms with van der Waals surface area (Å²) in [7, 11) is 6.34. The Balaban J connectivity index is 2.29. The molecule has 0 N–H and O–H groups in total. The molecular weight excluding hydrogens is 280 g/mol. The van der Waals surface area contributed by atoms with Gasteiger partial charge in [-0.2, -0.15) is 0 Å². The zero-order valence-electron chi connectivity index (χ0n) is 12.6. The Bertz CT molecular complexity index is 770. The number of rotatable bonds is 3. The third kappa shape index (κ3) is 2.57. The zero-order chi connectivity index (χ0) is 15.0. The van der Waals surface area contributed by atoms with Crippen LogP contribution >= 0.6 is 11.6 Å². The minimum absolute atomic E-state index is 0.770. The molecule has 0 saturated carbocycles. The molecule has 0 saturated heterocycles. The van der Waals surface area contributed by atoms with Gasteiger partial charge in [0.15, 0.2) is 0 Å². The van der Waals surface area contributed by atoms with Crippen LogP contribution in [0.25, 0.3) is 22.2 Å². The summed E-state index contributed by atoms with van der Waals surface area (Å²) < 4.78 is 2.28. The molecule has 3 heteroatoms. The van der Waals surface area contributed by atoms with Gasteiger partial charge >= 0.3 is 0 Å². The van der Waals surface area contributed by atoms with Crippen molar-refractivity contribution in [1.29, 1.82) is 0 Å². The molecule has 1 heterocycles. The maximum atomic E-state index is 6.03. The summed E-state index contributed by atoms with van der Waals surface area (Å²) in [5.41, 5.74) is 5.09. The molecule has 2 nitrogen and oxygen atoms in total. The average Bonchev–Trinajstić information content (AvgIpc) is 2.73. The second kappa shape index (κ2) is 5.55. The van der Waals surface area contributed by atoms with Gasteiger partial charge in [-0.3, -0.25) is 0 Å². The molecule has 0 radical (unpaired) electrons. The molecule has 3 aromatic rings. The highest BCUT2D eigenvalue weighted by Crippen LogP contribution is 2.34. The van der Waals surface area contributed by atoms with E-state index >= 15 is 0 Å². The fourth-order valence-corrected chi connectivity index (χ4v) is 3.05. The SMILES string of the molecule is CN(C)Cc1c(-c2ccc(Cl)cc2)n(C)c2ccccc12. The van der Waals surface area contributed by atoms with Crippen LogP contribution in [0.5, 0.6) is 0 Å². The van der Waals surface area contributed by atoms with E-state index < -0.39 is 0 Å². The van der Waals surface area contributed by atoms with Crippen molar-refractivity contribution in [2.75, 3.05) is 14.1 Å². The van der Waals surface area contributed by atoms with Crippen molar-refractivity contribution in [2.24, 2.45) is 7.05 Å². The largest absolute Gasteiger partial charge is 0.343 e. The van der Waals surface area contributed by atoms with E-state index in [1.165, 1.54) is 27.7 Å². The molecule has 0 fully saturated rings. The van der Waals surface area contributed by atoms with E-state index in [0.717, 1.165) is 11.6 Å². The summed E-state index contributed by atoms with van der Waals surface area (Å²) in [5, 5.41) is 2.09. The topological polar surface area (TPSA) is 8.17 Å². The number of fused-ring (bicyclic) bond motifs is 1. The number of aromatic nitrogens is 1. The quantitative estimate of drug-likeness (QED) is 0.688. The van der Waals surface area contributed by atoms with E-state index in [0.29, 0.717) is 0 Å². The summed E-state index contributed by atoms with van der Waals surface area (Å²) in [6.45, 7) is 0.916. The number of aryl methyl sites for hydroxylation is 1. The Morgan fingerprint density at radius 3 is 2.33 bits per heavy atom. The third-order valence-electron chi connectivity index (χ3n) is 3.80. The van der Waals surface area contributed by atoms with Gasteiger partial charge < -0.3 is 9.47 Å². The summed E-state index contributed by atoms with van der Waals surface area (Å²) in [4.78, 5) is 2.21. The lowest BCUT2D eigenvalue weighted by Gasteiger charge is -2.13. The highest BCUT2D eigenvalue weighted by molar-refractivity contribution is 6.30. The molecule has 21 heavy (non-hydrogen) atoms. The molecule has 3 rings (SSSR count). The van der Waals surface area contributed by atoms with Gasteiger partial charge in [0.05, 0.1) is 5.69 Å². The van der Waals surface area contributed by atoms with Crippen molar-refractivity contribution in [3.63, 3.8) is 0 Å². The lowest BCUT2D eigenvalue weighted by Crippen LogP contribution is -2.11. The van der Waals surface area contributed by atoms with Crippen molar-refractivity contribution in [3.8, 4) is 11.3 Å². The van der Waals surface area contributed by atoms with Gasteiger partial charge in [-0.15, -0.1) is 0 Å². The van der Waals surface area contributed by atoms with Crippen LogP contribution in [-0.2, 0) is 13.6 Å². The molecule has 0 bridgehead atoms. The Hall–Kier alpha value is -1.77. The smallest absolute Gasteiger partial charge is 0.0534 e. The van der Waals surface area contributed by atoms with Gasteiger partial charge in [-0.1, -0.05) is 41.9 Å². The Morgan fingerprint density at radius 1 is 1.00 bits per heavy atom. The molecule has 0 spiro atoms. The fraction of sp³-hybridized carbons (Fsp3) is 0.222. The van der Waals surface area contributed by atoms with Crippen molar-refractivity contribution in [3.05, 3.63) is 59.1 Å². The molecule has 2 aromatic carbocycles. The molecule has 108 valence electrons. The molecule has 0 atom stereocenters. The van der Waals surface area contributed by atoms with Crippen molar-refractivity contribution in [1.82, 2.24) is 9.47 Å². The van der Waals surface area contributed by atoms with Crippen molar-refractivity contribution in [2.45, 2.75) is 6.54 Å². The van der Waals surface area contributed by atoms with E-state index in [4.69, 9.17) is 11.6 Å². The standard InChI is InChI=1S/C18H19ClN2/c1-20(2)12-16-15-6-4-5-7-17(15)21(3)18(16)13-8-10-14(19)11-9-13/h4-11H,12H2,1-3H3. The number of hydrogen-bond acceptors (Lipinski definition) is 1. The van der Waals surface area contributed by atoms with Gasteiger partial charge in [0.25, 0.3) is 0 Å². The lowest BCUT2D eigenvalue weighted by molar-refractivity contribution is 0.404. The van der Waals surface area contributed by atoms with E-state index in [9.17, 15) is 0 Å². The minimum atomic E-state index is 0.770. The maximum Gasteiger partial charge on any atom is 0.0534 e. The monoisotopic (exact) mass is 298 g/mol. The predicted octanol–water partition coefficient (Wildman–Crippen LogP) is 4.56. The summed E-state index contributed by atoms with van der Waals surface area (Å²) in [5.74, 6) is 0. The van der Waals surface area contributed by atoms with Crippen LogP contribution in [0.4, 0.5) is 0 Å². The van der Waals surface area contributed by atoms with Gasteiger partial charge in [0, 0.05) is 29.5 Å². The maximum absolute atomic E-state index is 6.03. The van der Waals surface area contributed by atoms with Crippen molar-refractivity contribution < 1.29 is 0 Å². The van der Waals surface area contributed by atoms with Gasteiger partial charge in [-0.05, 0) is 43.4 Å². The van der Waals surface area contributed by atoms with Gasteiger partial charge in [-0.25, -0.2) is 0 Å². The van der Waals surface area contributed by atoms with Crippen LogP contribution in [0.15, 0.2) is 48.5 Å². The Labute approximate surface area is 130 Å². The van der Waals surface area contributed by atoms with Crippen LogP contribution in [-0.4, -0.2) is 23.6 Å². The Kier molecular flexibility index (Phi) is 3.75. The Morgan fingerprint density at radius 2 is 1.67 bits per heavy atom. The molecule has 0 amide bonds. The van der Waals surface area contributed by atoms with E-state index in [1.807, 2.05) is 12.1 Å². The molecule has 1 aromatic heterocycles. The first kappa shape index (κ1) is 14.2. The van der Waals surface area contributed by atoms with E-state index in [-0.39, 0.29) is 0 Å². The highest BCUT2D eigenvalue weighted by atomic mass is 35.5. The average molecular weight is 299 g/mol. The number of halogens is 1. The summed E-state index contributed by atoms with van der Waals surface area (Å²) in [6.07, 6.45) is 0. The van der Waals surface area contributed by atoms with Crippen LogP contribution in [0.3, 0.4) is 0 Å². The molecule has 0 aliphatic carbocycles. The molecule has 0 unspecified atom stereocenters. The van der Waals surface area contributed by atoms with Gasteiger partial charge in [0.2, 0.25) is 0 Å². The highest BCUT2D eigenvalue weighted by Gasteiger charge is 2.16. The fourth-order valence-electron chi connectivity index (χ4n) is 2.92. The van der Waals surface area contributed by atoms with Crippen LogP contribution in [0.2, 0.25) is 5.02 Å². The molecule has 0 aliphatic heterocycles. The van der Waals surface area contributed by atoms with E-state index in [1.54, 1.807) is 0 Å². The second-order valence-electron chi connectivity index (χ2n) is 5.65. The number of nitrogens with zero attached hydrogens (tertiary/aromatic N) is 2. The predicted molar refractivity (Wildman–Crippen MR) is 90.8 cm³/mol. The van der Waals surface area contributed by atoms with Crippen LogP contribution in [0, 0.1) is 0 Å². The summed E-state index contributed by atoms with van der Waals surface area (Å²) in [6, 6.07) is 16.7. The number of benzene rings is 2. The van der Waals surface area contributed by atoms with E-state index in [2.05, 4.69) is 67.0 Å². The van der Waals surface area contributed by atoms with Crippen molar-refractivity contribution >= 4 is 22.5 Å². The first-order valence-electron chi connectivity index (χ1n) is 7.05. The second-order valence-corrected chi connectivity index (χ2v) is 6.08. The molecule has 0 aliphatic rings. The molecular formula is C18H19ClN2.